The van der Waals surface area contributed by atoms with Crippen molar-refractivity contribution in [1.82, 2.24) is 0 Å². The van der Waals surface area contributed by atoms with Crippen LogP contribution in [-0.2, 0) is 21.7 Å². The molecule has 0 aromatic heterocycles. The smallest absolute Gasteiger partial charge is 0.00137 e. The minimum Gasteiger partial charge on any atom is -0.0616 e. The van der Waals surface area contributed by atoms with Crippen molar-refractivity contribution in [1.29, 1.82) is 0 Å². The van der Waals surface area contributed by atoms with Crippen molar-refractivity contribution < 1.29 is 0 Å². The first-order chi connectivity index (χ1) is 21.4. The summed E-state index contributed by atoms with van der Waals surface area (Å²) in [7, 11) is 0. The van der Waals surface area contributed by atoms with Crippen LogP contribution in [0, 0.1) is 0 Å². The third-order valence-corrected chi connectivity index (χ3v) is 10.7. The Morgan fingerprint density at radius 2 is 0.478 bits per heavy atom. The van der Waals surface area contributed by atoms with E-state index in [1.807, 2.05) is 0 Å². The van der Waals surface area contributed by atoms with Crippen molar-refractivity contribution in [3.05, 3.63) is 95.1 Å². The second-order valence-electron chi connectivity index (χ2n) is 18.2. The number of hydrogen-bond acceptors (Lipinski definition) is 0. The molecule has 0 unspecified atom stereocenters. The zero-order valence-corrected chi connectivity index (χ0v) is 29.9. The molecule has 0 atom stereocenters. The molecular formula is C46H48. The van der Waals surface area contributed by atoms with E-state index in [1.54, 1.807) is 0 Å². The van der Waals surface area contributed by atoms with Crippen LogP contribution in [0.4, 0.5) is 0 Å². The maximum Gasteiger partial charge on any atom is -0.00137 e. The van der Waals surface area contributed by atoms with Crippen molar-refractivity contribution in [3.63, 3.8) is 0 Å². The molecule has 232 valence electrons. The molecule has 0 spiro atoms. The predicted octanol–water partition coefficient (Wildman–Crippen LogP) is 13.6. The maximum absolute atomic E-state index is 2.49. The Balaban J connectivity index is 1.62. The summed E-state index contributed by atoms with van der Waals surface area (Å²) in [5.74, 6) is 0. The Labute approximate surface area is 275 Å². The Morgan fingerprint density at radius 1 is 0.283 bits per heavy atom. The summed E-state index contributed by atoms with van der Waals surface area (Å²) in [4.78, 5) is 0. The molecule has 0 radical (unpaired) electrons. The molecule has 0 N–H and O–H groups in total. The van der Waals surface area contributed by atoms with E-state index in [9.17, 15) is 0 Å². The molecule has 0 fully saturated rings. The quantitative estimate of drug-likeness (QED) is 0.162. The summed E-state index contributed by atoms with van der Waals surface area (Å²) in [6.45, 7) is 28.8. The van der Waals surface area contributed by atoms with E-state index < -0.39 is 0 Å². The van der Waals surface area contributed by atoms with E-state index in [4.69, 9.17) is 0 Å². The van der Waals surface area contributed by atoms with Gasteiger partial charge in [0.15, 0.2) is 0 Å². The third-order valence-electron chi connectivity index (χ3n) is 10.7. The first-order valence-corrected chi connectivity index (χ1v) is 17.2. The van der Waals surface area contributed by atoms with Crippen molar-refractivity contribution in [2.24, 2.45) is 0 Å². The van der Waals surface area contributed by atoms with E-state index in [1.165, 1.54) is 99.1 Å². The normalized spacial score (nSPS) is 14.1. The largest absolute Gasteiger partial charge is 0.0616 e. The van der Waals surface area contributed by atoms with Gasteiger partial charge in [0.25, 0.3) is 0 Å². The van der Waals surface area contributed by atoms with Gasteiger partial charge in [-0.15, -0.1) is 0 Å². The Kier molecular flexibility index (Phi) is 5.72. The van der Waals surface area contributed by atoms with Gasteiger partial charge in [-0.1, -0.05) is 156 Å². The van der Waals surface area contributed by atoms with Gasteiger partial charge in [0.2, 0.25) is 0 Å². The van der Waals surface area contributed by atoms with E-state index in [-0.39, 0.29) is 21.7 Å². The summed E-state index contributed by atoms with van der Waals surface area (Å²) in [5.41, 5.74) is 17.3. The van der Waals surface area contributed by atoms with Gasteiger partial charge in [-0.2, -0.15) is 0 Å². The highest BCUT2D eigenvalue weighted by Crippen LogP contribution is 2.63. The second kappa shape index (κ2) is 8.92. The van der Waals surface area contributed by atoms with Crippen molar-refractivity contribution in [2.45, 2.75) is 105 Å². The minimum atomic E-state index is -0.0182. The molecule has 0 heteroatoms. The lowest BCUT2D eigenvalue weighted by molar-refractivity contribution is 0.588. The topological polar surface area (TPSA) is 0 Å². The van der Waals surface area contributed by atoms with Crippen LogP contribution in [0.3, 0.4) is 0 Å². The van der Waals surface area contributed by atoms with Crippen LogP contribution in [0.1, 0.15) is 105 Å². The fraction of sp³-hybridized carbons (Fsp3) is 0.348. The van der Waals surface area contributed by atoms with Gasteiger partial charge in [0.05, 0.1) is 0 Å². The highest BCUT2D eigenvalue weighted by atomic mass is 14.4. The molecule has 0 bridgehead atoms. The average Bonchev–Trinajstić information content (AvgIpc) is 3.43. The summed E-state index contributed by atoms with van der Waals surface area (Å²) in [5, 5.41) is 8.51. The van der Waals surface area contributed by atoms with E-state index in [0.29, 0.717) is 0 Å². The molecule has 0 saturated carbocycles. The van der Waals surface area contributed by atoms with Crippen LogP contribution >= 0.6 is 0 Å². The standard InChI is InChI=1S/C46H48/c1-43(2,3)39-25-17-13-14-18-26(25)40(44(4,5)6)36-30-23-24-32-34-31(22-21-29(33(30)34)35(36)39)37-38(32)42(46(10,11)12)28-20-16-15-19-27(28)41(37)45(7,8)9/h13-24H,1-12H3. The second-order valence-corrected chi connectivity index (χ2v) is 18.2. The molecule has 6 aromatic carbocycles. The van der Waals surface area contributed by atoms with Crippen LogP contribution in [0.2, 0.25) is 0 Å². The monoisotopic (exact) mass is 600 g/mol. The van der Waals surface area contributed by atoms with Gasteiger partial charge in [-0.25, -0.2) is 0 Å². The average molecular weight is 601 g/mol. The molecule has 0 aliphatic heterocycles. The minimum absolute atomic E-state index is 0.0182. The van der Waals surface area contributed by atoms with Crippen LogP contribution < -0.4 is 0 Å². The van der Waals surface area contributed by atoms with Gasteiger partial charge in [0, 0.05) is 0 Å². The predicted molar refractivity (Wildman–Crippen MR) is 203 cm³/mol. The Bertz CT molecular complexity index is 1990. The zero-order valence-electron chi connectivity index (χ0n) is 29.9. The van der Waals surface area contributed by atoms with Gasteiger partial charge in [-0.05, 0) is 121 Å². The van der Waals surface area contributed by atoms with Crippen LogP contribution in [-0.4, -0.2) is 0 Å². The Morgan fingerprint density at radius 3 is 0.652 bits per heavy atom. The fourth-order valence-electron chi connectivity index (χ4n) is 9.40. The molecule has 2 aliphatic carbocycles. The lowest BCUT2D eigenvalue weighted by Gasteiger charge is -2.32. The van der Waals surface area contributed by atoms with Gasteiger partial charge in [0.1, 0.15) is 0 Å². The zero-order chi connectivity index (χ0) is 32.9. The molecule has 2 aliphatic rings. The fourth-order valence-corrected chi connectivity index (χ4v) is 9.40. The summed E-state index contributed by atoms with van der Waals surface area (Å²) in [6.07, 6.45) is 0. The SMILES string of the molecule is CC(C)(C)c1c2c(c(C(C)(C)C)c3ccccc13)-c1ccc3c4c(ccc-2c14)-c1c-3c(C(C)(C)C)c2ccccc2c1C(C)(C)C. The highest BCUT2D eigenvalue weighted by molar-refractivity contribution is 6.30. The van der Waals surface area contributed by atoms with Crippen molar-refractivity contribution >= 4 is 32.3 Å². The molecular weight excluding hydrogens is 553 g/mol. The van der Waals surface area contributed by atoms with E-state index >= 15 is 0 Å². The van der Waals surface area contributed by atoms with Crippen LogP contribution in [0.15, 0.2) is 72.8 Å². The summed E-state index contributed by atoms with van der Waals surface area (Å²) < 4.78 is 0. The molecule has 46 heavy (non-hydrogen) atoms. The Hall–Kier alpha value is -3.90. The summed E-state index contributed by atoms with van der Waals surface area (Å²) >= 11 is 0. The third kappa shape index (κ3) is 3.74. The summed E-state index contributed by atoms with van der Waals surface area (Å²) in [6, 6.07) is 28.3. The van der Waals surface area contributed by atoms with Crippen molar-refractivity contribution in [2.75, 3.05) is 0 Å². The van der Waals surface area contributed by atoms with E-state index in [0.717, 1.165) is 0 Å². The molecule has 8 rings (SSSR count). The lowest BCUT2D eigenvalue weighted by Crippen LogP contribution is -2.19. The first kappa shape index (κ1) is 29.5. The molecule has 0 saturated heterocycles. The number of benzene rings is 6. The maximum atomic E-state index is 2.49. The van der Waals surface area contributed by atoms with Gasteiger partial charge in [-0.3, -0.25) is 0 Å². The molecule has 0 amide bonds. The first-order valence-electron chi connectivity index (χ1n) is 17.2. The number of rotatable bonds is 0. The van der Waals surface area contributed by atoms with Gasteiger partial charge >= 0.3 is 0 Å². The van der Waals surface area contributed by atoms with Crippen molar-refractivity contribution in [3.8, 4) is 44.5 Å². The number of fused-ring (bicyclic) bond motifs is 8. The van der Waals surface area contributed by atoms with E-state index in [2.05, 4.69) is 156 Å². The highest BCUT2D eigenvalue weighted by Gasteiger charge is 2.41. The van der Waals surface area contributed by atoms with Crippen LogP contribution in [0.25, 0.3) is 76.8 Å². The number of hydrogen-bond donors (Lipinski definition) is 0. The molecule has 0 heterocycles. The van der Waals surface area contributed by atoms with Crippen LogP contribution in [0.5, 0.6) is 0 Å². The molecule has 6 aromatic rings. The van der Waals surface area contributed by atoms with Gasteiger partial charge < -0.3 is 0 Å². The lowest BCUT2D eigenvalue weighted by atomic mass is 9.71. The molecule has 0 nitrogen and oxygen atoms in total.